The number of esters is 1. The van der Waals surface area contributed by atoms with E-state index in [1.165, 1.54) is 0 Å². The summed E-state index contributed by atoms with van der Waals surface area (Å²) in [5, 5.41) is 2.41. The zero-order valence-electron chi connectivity index (χ0n) is 17.8. The van der Waals surface area contributed by atoms with Crippen molar-refractivity contribution >= 4 is 33.8 Å². The Labute approximate surface area is 189 Å². The number of benzene rings is 1. The van der Waals surface area contributed by atoms with Crippen molar-refractivity contribution in [2.45, 2.75) is 75.5 Å². The number of carbonyl (C=O) groups excluding carboxylic acids is 3. The number of Topliss-reactive ketones (excluding diaryl/α,β-unsaturated/α-hetero) is 1. The van der Waals surface area contributed by atoms with Crippen molar-refractivity contribution in [1.29, 1.82) is 0 Å². The Bertz CT molecular complexity index is 782. The lowest BCUT2D eigenvalue weighted by molar-refractivity contribution is -0.155. The summed E-state index contributed by atoms with van der Waals surface area (Å²) in [5.74, 6) is -5.36. The highest BCUT2D eigenvalue weighted by Gasteiger charge is 2.45. The van der Waals surface area contributed by atoms with Crippen LogP contribution in [0.15, 0.2) is 30.3 Å². The Balaban J connectivity index is 2.12. The number of amides is 1. The molecule has 31 heavy (non-hydrogen) atoms. The first-order chi connectivity index (χ1) is 14.4. The van der Waals surface area contributed by atoms with E-state index in [1.54, 1.807) is 45.0 Å². The molecule has 172 valence electrons. The predicted octanol–water partition coefficient (Wildman–Crippen LogP) is 4.78. The van der Waals surface area contributed by atoms with Crippen LogP contribution in [-0.4, -0.2) is 40.2 Å². The van der Waals surface area contributed by atoms with Gasteiger partial charge in [-0.3, -0.25) is 9.59 Å². The third-order valence-electron chi connectivity index (χ3n) is 4.81. The molecule has 1 amide bonds. The minimum Gasteiger partial charge on any atom is -0.459 e. The van der Waals surface area contributed by atoms with Crippen LogP contribution in [0.1, 0.15) is 52.0 Å². The summed E-state index contributed by atoms with van der Waals surface area (Å²) in [4.78, 5) is 36.3. The number of hydrogen-bond acceptors (Lipinski definition) is 5. The topological polar surface area (TPSA) is 81.7 Å². The molecular weight excluding hydrogens is 476 g/mol. The van der Waals surface area contributed by atoms with Crippen molar-refractivity contribution in [3.8, 4) is 0 Å². The zero-order valence-corrected chi connectivity index (χ0v) is 19.4. The average Bonchev–Trinajstić information content (AvgIpc) is 2.68. The molecule has 0 bridgehead atoms. The van der Waals surface area contributed by atoms with E-state index in [9.17, 15) is 23.2 Å². The summed E-state index contributed by atoms with van der Waals surface area (Å²) < 4.78 is 38.4. The normalized spacial score (nSPS) is 20.3. The molecule has 0 spiro atoms. The van der Waals surface area contributed by atoms with Gasteiger partial charge in [0, 0.05) is 12.8 Å². The predicted molar refractivity (Wildman–Crippen MR) is 114 cm³/mol. The van der Waals surface area contributed by atoms with Gasteiger partial charge in [0.05, 0.1) is 6.04 Å². The van der Waals surface area contributed by atoms with E-state index in [4.69, 9.17) is 9.47 Å². The number of alkyl carbamates (subject to hydrolysis) is 1. The summed E-state index contributed by atoms with van der Waals surface area (Å²) in [7, 11) is 0. The summed E-state index contributed by atoms with van der Waals surface area (Å²) in [6.07, 6.45) is -1.22. The first kappa shape index (κ1) is 25.2. The number of ketones is 1. The highest BCUT2D eigenvalue weighted by Crippen LogP contribution is 2.38. The lowest BCUT2D eigenvalue weighted by atomic mass is 9.80. The number of ether oxygens (including phenoxy) is 2. The van der Waals surface area contributed by atoms with Crippen molar-refractivity contribution in [2.24, 2.45) is 5.92 Å². The third kappa shape index (κ3) is 8.20. The molecule has 1 N–H and O–H groups in total. The van der Waals surface area contributed by atoms with Crippen LogP contribution in [0.3, 0.4) is 0 Å². The van der Waals surface area contributed by atoms with Crippen LogP contribution in [0, 0.1) is 5.92 Å². The number of carbonyl (C=O) groups is 3. The molecule has 1 saturated carbocycles. The maximum Gasteiger partial charge on any atom is 0.408 e. The molecule has 2 rings (SSSR count). The van der Waals surface area contributed by atoms with E-state index >= 15 is 0 Å². The van der Waals surface area contributed by atoms with Crippen molar-refractivity contribution in [3.05, 3.63) is 35.9 Å². The van der Waals surface area contributed by atoms with E-state index in [-0.39, 0.29) is 19.4 Å². The minimum atomic E-state index is -2.94. The molecule has 0 radical (unpaired) electrons. The van der Waals surface area contributed by atoms with E-state index in [0.717, 1.165) is 5.56 Å². The van der Waals surface area contributed by atoms with Crippen molar-refractivity contribution < 1.29 is 32.6 Å². The summed E-state index contributed by atoms with van der Waals surface area (Å²) in [5.41, 5.74) is -0.101. The number of nitrogens with one attached hydrogen (secondary N) is 1. The van der Waals surface area contributed by atoms with E-state index in [1.807, 2.05) is 6.07 Å². The van der Waals surface area contributed by atoms with Gasteiger partial charge < -0.3 is 14.8 Å². The molecule has 3 atom stereocenters. The van der Waals surface area contributed by atoms with Crippen molar-refractivity contribution in [3.63, 3.8) is 0 Å². The van der Waals surface area contributed by atoms with Crippen LogP contribution in [-0.2, 0) is 25.7 Å². The summed E-state index contributed by atoms with van der Waals surface area (Å²) in [6, 6.07) is 7.58. The third-order valence-corrected chi connectivity index (χ3v) is 5.63. The van der Waals surface area contributed by atoms with Crippen LogP contribution in [0.25, 0.3) is 0 Å². The molecule has 6 nitrogen and oxygen atoms in total. The second-order valence-corrected chi connectivity index (χ2v) is 9.61. The fourth-order valence-electron chi connectivity index (χ4n) is 3.44. The average molecular weight is 504 g/mol. The smallest absolute Gasteiger partial charge is 0.408 e. The molecule has 0 heterocycles. The maximum absolute atomic E-state index is 14.0. The molecule has 1 aliphatic rings. The minimum absolute atomic E-state index is 0.0434. The van der Waals surface area contributed by atoms with Gasteiger partial charge in [0.25, 0.3) is 0 Å². The monoisotopic (exact) mass is 503 g/mol. The highest BCUT2D eigenvalue weighted by atomic mass is 79.9. The van der Waals surface area contributed by atoms with Gasteiger partial charge in [0.15, 0.2) is 10.6 Å². The first-order valence-electron chi connectivity index (χ1n) is 10.1. The van der Waals surface area contributed by atoms with Gasteiger partial charge in [-0.2, -0.15) is 0 Å². The second kappa shape index (κ2) is 10.5. The van der Waals surface area contributed by atoms with Gasteiger partial charge in [-0.05, 0) is 45.1 Å². The maximum atomic E-state index is 14.0. The molecular formula is C22H28BrF2NO5. The second-order valence-electron chi connectivity index (χ2n) is 8.69. The van der Waals surface area contributed by atoms with Crippen LogP contribution in [0.5, 0.6) is 0 Å². The molecule has 1 fully saturated rings. The Morgan fingerprint density at radius 3 is 2.45 bits per heavy atom. The Morgan fingerprint density at radius 2 is 1.87 bits per heavy atom. The number of rotatable bonds is 7. The van der Waals surface area contributed by atoms with Gasteiger partial charge in [0.2, 0.25) is 5.92 Å². The number of alkyl halides is 3. The Hall–Kier alpha value is -2.03. The molecule has 1 aromatic rings. The highest BCUT2D eigenvalue weighted by molar-refractivity contribution is 9.10. The number of halogens is 3. The molecule has 1 aliphatic carbocycles. The van der Waals surface area contributed by atoms with E-state index < -0.39 is 52.6 Å². The van der Waals surface area contributed by atoms with Crippen molar-refractivity contribution in [1.82, 2.24) is 5.32 Å². The molecule has 0 saturated heterocycles. The molecule has 9 heteroatoms. The zero-order chi connectivity index (χ0) is 23.2. The fourth-order valence-corrected chi connectivity index (χ4v) is 3.81. The molecule has 0 aliphatic heterocycles. The van der Waals surface area contributed by atoms with Crippen molar-refractivity contribution in [2.75, 3.05) is 0 Å². The standard InChI is InChI=1S/C22H28BrF2NO5/c1-21(2,3)31-19(28)16(23)18(27)17(15-10-7-11-22(24,25)12-15)26-20(29)30-13-14-8-5-4-6-9-14/h4-6,8-9,15-17H,7,10-13H2,1-3H3,(H,26,29)/t15?,16?,17-/m0/s1. The van der Waals surface area contributed by atoms with Crippen LogP contribution < -0.4 is 5.32 Å². The van der Waals surface area contributed by atoms with Crippen LogP contribution in [0.2, 0.25) is 0 Å². The van der Waals surface area contributed by atoms with Crippen LogP contribution >= 0.6 is 15.9 Å². The van der Waals surface area contributed by atoms with Crippen LogP contribution in [0.4, 0.5) is 13.6 Å². The van der Waals surface area contributed by atoms with E-state index in [2.05, 4.69) is 21.2 Å². The Kier molecular flexibility index (Phi) is 8.57. The lowest BCUT2D eigenvalue weighted by Crippen LogP contribution is -2.52. The van der Waals surface area contributed by atoms with Gasteiger partial charge in [0.1, 0.15) is 12.2 Å². The van der Waals surface area contributed by atoms with Gasteiger partial charge in [-0.1, -0.05) is 46.3 Å². The largest absolute Gasteiger partial charge is 0.459 e. The lowest BCUT2D eigenvalue weighted by Gasteiger charge is -2.34. The molecule has 1 aromatic carbocycles. The van der Waals surface area contributed by atoms with E-state index in [0.29, 0.717) is 6.42 Å². The molecule has 0 aromatic heterocycles. The summed E-state index contributed by atoms with van der Waals surface area (Å²) >= 11 is 3.02. The molecule has 2 unspecified atom stereocenters. The van der Waals surface area contributed by atoms with Gasteiger partial charge >= 0.3 is 12.1 Å². The number of hydrogen-bond donors (Lipinski definition) is 1. The quantitative estimate of drug-likeness (QED) is 0.329. The SMILES string of the molecule is CC(C)(C)OC(=O)C(Br)C(=O)[C@@H](NC(=O)OCc1ccccc1)C1CCCC(F)(F)C1. The van der Waals surface area contributed by atoms with Gasteiger partial charge in [-0.25, -0.2) is 13.6 Å². The first-order valence-corrected chi connectivity index (χ1v) is 11.1. The fraction of sp³-hybridized carbons (Fsp3) is 0.591. The Morgan fingerprint density at radius 1 is 1.23 bits per heavy atom. The summed E-state index contributed by atoms with van der Waals surface area (Å²) in [6.45, 7) is 4.90. The van der Waals surface area contributed by atoms with Gasteiger partial charge in [-0.15, -0.1) is 0 Å².